The van der Waals surface area contributed by atoms with Gasteiger partial charge in [-0.15, -0.1) is 0 Å². The molecule has 0 heterocycles. The van der Waals surface area contributed by atoms with Crippen LogP contribution >= 0.6 is 23.2 Å². The van der Waals surface area contributed by atoms with Crippen LogP contribution in [-0.4, -0.2) is 31.4 Å². The Bertz CT molecular complexity index is 1390. The van der Waals surface area contributed by atoms with Gasteiger partial charge >= 0.3 is 6.18 Å². The van der Waals surface area contributed by atoms with Gasteiger partial charge in [0.25, 0.3) is 5.91 Å². The van der Waals surface area contributed by atoms with Gasteiger partial charge in [-0.25, -0.2) is 10.3 Å². The normalized spacial score (nSPS) is 13.8. The van der Waals surface area contributed by atoms with Crippen LogP contribution in [-0.2, 0) is 15.3 Å². The second kappa shape index (κ2) is 11.7. The van der Waals surface area contributed by atoms with Crippen molar-refractivity contribution in [3.8, 4) is 0 Å². The molecular weight excluding hydrogens is 549 g/mol. The van der Waals surface area contributed by atoms with E-state index in [-0.39, 0.29) is 17.7 Å². The number of fused-ring (bicyclic) bond motifs is 1. The third kappa shape index (κ3) is 5.78. The van der Waals surface area contributed by atoms with E-state index >= 15 is 0 Å². The number of nitrogens with zero attached hydrogens (tertiary/aromatic N) is 1. The molecule has 0 aromatic heterocycles. The van der Waals surface area contributed by atoms with Crippen molar-refractivity contribution in [3.63, 3.8) is 0 Å². The molecule has 3 aromatic rings. The highest BCUT2D eigenvalue weighted by molar-refractivity contribution is 6.35. The summed E-state index contributed by atoms with van der Waals surface area (Å²) in [7, 11) is 1.38. The minimum absolute atomic E-state index is 0.0180. The molecule has 0 bridgehead atoms. The minimum Gasteiger partial charge on any atom is -0.399 e. The predicted molar refractivity (Wildman–Crippen MR) is 139 cm³/mol. The summed E-state index contributed by atoms with van der Waals surface area (Å²) in [4.78, 5) is 22.1. The number of alkyl halides is 3. The average Bonchev–Trinajstić information content (AvgIpc) is 2.87. The maximum absolute atomic E-state index is 14.5. The average molecular weight is 572 g/mol. The molecule has 1 unspecified atom stereocenters. The fourth-order valence-electron chi connectivity index (χ4n) is 4.02. The second-order valence-electron chi connectivity index (χ2n) is 8.37. The Balaban J connectivity index is 2.06. The maximum Gasteiger partial charge on any atom is 0.424 e. The molecular formula is C26H23Cl2F4N3O3. The van der Waals surface area contributed by atoms with Crippen LogP contribution in [0.25, 0.3) is 16.3 Å². The van der Waals surface area contributed by atoms with E-state index in [1.165, 1.54) is 19.2 Å². The summed E-state index contributed by atoms with van der Waals surface area (Å²) in [5.41, 5.74) is -2.63. The number of carbonyl (C=O) groups excluding carboxylic acids is 1. The molecule has 12 heteroatoms. The summed E-state index contributed by atoms with van der Waals surface area (Å²) in [6.45, 7) is 5.65. The molecule has 6 nitrogen and oxygen atoms in total. The molecule has 1 amide bonds. The van der Waals surface area contributed by atoms with Gasteiger partial charge in [0.05, 0.1) is 22.3 Å². The van der Waals surface area contributed by atoms with E-state index in [4.69, 9.17) is 29.1 Å². The molecule has 3 N–H and O–H groups in total. The highest BCUT2D eigenvalue weighted by Crippen LogP contribution is 2.49. The van der Waals surface area contributed by atoms with Crippen molar-refractivity contribution in [2.24, 2.45) is 11.1 Å². The topological polar surface area (TPSA) is 85.9 Å². The van der Waals surface area contributed by atoms with Crippen LogP contribution in [0.2, 0.25) is 10.0 Å². The molecule has 1 atom stereocenters. The van der Waals surface area contributed by atoms with Crippen molar-refractivity contribution >= 4 is 51.2 Å². The van der Waals surface area contributed by atoms with Crippen LogP contribution in [0.15, 0.2) is 60.3 Å². The molecule has 0 spiro atoms. The minimum atomic E-state index is -5.08. The Hall–Kier alpha value is -3.18. The molecule has 0 aliphatic heterocycles. The van der Waals surface area contributed by atoms with Gasteiger partial charge in [0.2, 0.25) is 5.60 Å². The van der Waals surface area contributed by atoms with Crippen molar-refractivity contribution in [2.75, 3.05) is 13.7 Å². The first-order valence-corrected chi connectivity index (χ1v) is 11.8. The van der Waals surface area contributed by atoms with Crippen molar-refractivity contribution in [3.05, 3.63) is 87.7 Å². The van der Waals surface area contributed by atoms with E-state index in [1.54, 1.807) is 31.2 Å². The number of rotatable bonds is 9. The lowest BCUT2D eigenvalue weighted by atomic mass is 9.83. The Kier molecular flexibility index (Phi) is 9.04. The van der Waals surface area contributed by atoms with Gasteiger partial charge in [-0.05, 0) is 52.6 Å². The largest absolute Gasteiger partial charge is 0.424 e. The van der Waals surface area contributed by atoms with E-state index in [1.807, 2.05) is 0 Å². The Morgan fingerprint density at radius 2 is 1.63 bits per heavy atom. The summed E-state index contributed by atoms with van der Waals surface area (Å²) in [5.74, 6) is 3.74. The molecule has 0 saturated carbocycles. The zero-order chi connectivity index (χ0) is 28.3. The Morgan fingerprint density at radius 3 is 2.16 bits per heavy atom. The summed E-state index contributed by atoms with van der Waals surface area (Å²) >= 11 is 11.6. The molecule has 3 rings (SSSR count). The SMILES string of the molecule is C=C(CC(ON)(c1cc(Cl)c(F)c(Cl)c1)C(F)(F)F)c1ccc(C(=O)NC/C(C)=N\OC)c2ccccc12. The monoisotopic (exact) mass is 571 g/mol. The van der Waals surface area contributed by atoms with Gasteiger partial charge in [0, 0.05) is 12.0 Å². The lowest BCUT2D eigenvalue weighted by Gasteiger charge is -2.35. The number of amides is 1. The number of nitrogens with one attached hydrogen (secondary N) is 1. The number of hydrogen-bond donors (Lipinski definition) is 2. The van der Waals surface area contributed by atoms with Crippen molar-refractivity contribution < 1.29 is 32.0 Å². The quantitative estimate of drug-likeness (QED) is 0.128. The third-order valence-electron chi connectivity index (χ3n) is 5.87. The molecule has 0 fully saturated rings. The first-order chi connectivity index (χ1) is 17.9. The van der Waals surface area contributed by atoms with E-state index in [0.29, 0.717) is 22.0 Å². The summed E-state index contributed by atoms with van der Waals surface area (Å²) in [6.07, 6.45) is -5.96. The highest BCUT2D eigenvalue weighted by Gasteiger charge is 2.58. The number of halogens is 6. The molecule has 38 heavy (non-hydrogen) atoms. The van der Waals surface area contributed by atoms with E-state index < -0.39 is 45.5 Å². The summed E-state index contributed by atoms with van der Waals surface area (Å²) < 4.78 is 57.4. The molecule has 0 radical (unpaired) electrons. The first-order valence-electron chi connectivity index (χ1n) is 11.0. The van der Waals surface area contributed by atoms with Gasteiger partial charge < -0.3 is 10.2 Å². The predicted octanol–water partition coefficient (Wildman–Crippen LogP) is 6.79. The molecule has 0 aliphatic rings. The van der Waals surface area contributed by atoms with Gasteiger partial charge in [-0.3, -0.25) is 9.63 Å². The fourth-order valence-corrected chi connectivity index (χ4v) is 4.51. The standard InChI is InChI=1S/C26H23Cl2F4N3O3/c1-14(12-25(38-33,26(30,31)32)16-10-21(27)23(29)22(28)11-16)17-8-9-20(19-7-5-4-6-18(17)19)24(36)34-13-15(2)35-37-3/h4-11H,1,12-13,33H2,2-3H3,(H,34,36)/b35-15-. The third-order valence-corrected chi connectivity index (χ3v) is 6.42. The van der Waals surface area contributed by atoms with Gasteiger partial charge in [0.1, 0.15) is 7.11 Å². The lowest BCUT2D eigenvalue weighted by molar-refractivity contribution is -0.285. The van der Waals surface area contributed by atoms with Crippen molar-refractivity contribution in [2.45, 2.75) is 25.1 Å². The smallest absolute Gasteiger partial charge is 0.399 e. The number of oxime groups is 1. The lowest BCUT2D eigenvalue weighted by Crippen LogP contribution is -2.47. The van der Waals surface area contributed by atoms with Crippen molar-refractivity contribution in [1.82, 2.24) is 5.32 Å². The van der Waals surface area contributed by atoms with Crippen LogP contribution in [0.3, 0.4) is 0 Å². The summed E-state index contributed by atoms with van der Waals surface area (Å²) in [6, 6.07) is 11.2. The van der Waals surface area contributed by atoms with Crippen LogP contribution in [0.4, 0.5) is 17.6 Å². The van der Waals surface area contributed by atoms with E-state index in [2.05, 4.69) is 26.7 Å². The number of benzene rings is 3. The Labute approximate surface area is 225 Å². The van der Waals surface area contributed by atoms with Gasteiger partial charge in [-0.1, -0.05) is 65.3 Å². The molecule has 202 valence electrons. The molecule has 3 aromatic carbocycles. The van der Waals surface area contributed by atoms with E-state index in [9.17, 15) is 22.4 Å². The number of carbonyl (C=O) groups is 1. The van der Waals surface area contributed by atoms with Gasteiger partial charge in [0.15, 0.2) is 5.82 Å². The number of hydrogen-bond acceptors (Lipinski definition) is 5. The molecule has 0 aliphatic carbocycles. The van der Waals surface area contributed by atoms with Crippen LogP contribution < -0.4 is 11.2 Å². The zero-order valence-corrected chi connectivity index (χ0v) is 21.8. The van der Waals surface area contributed by atoms with Crippen LogP contribution in [0.1, 0.15) is 34.8 Å². The van der Waals surface area contributed by atoms with Crippen LogP contribution in [0.5, 0.6) is 0 Å². The molecule has 0 saturated heterocycles. The summed E-state index contributed by atoms with van der Waals surface area (Å²) in [5, 5.41) is 6.13. The second-order valence-corrected chi connectivity index (χ2v) is 9.19. The fraction of sp³-hybridized carbons (Fsp3) is 0.231. The maximum atomic E-state index is 14.5. The van der Waals surface area contributed by atoms with Crippen molar-refractivity contribution in [1.29, 1.82) is 0 Å². The highest BCUT2D eigenvalue weighted by atomic mass is 35.5. The zero-order valence-electron chi connectivity index (χ0n) is 20.3. The van der Waals surface area contributed by atoms with Crippen LogP contribution in [0, 0.1) is 5.82 Å². The van der Waals surface area contributed by atoms with Gasteiger partial charge in [-0.2, -0.15) is 13.2 Å². The number of nitrogens with two attached hydrogens (primary N) is 1. The first kappa shape index (κ1) is 29.4. The Morgan fingerprint density at radius 1 is 1.08 bits per heavy atom. The van der Waals surface area contributed by atoms with E-state index in [0.717, 1.165) is 12.1 Å².